The normalized spacial score (nSPS) is 12.0. The maximum absolute atomic E-state index is 13.2. The van der Waals surface area contributed by atoms with Crippen LogP contribution in [0.25, 0.3) is 15.9 Å². The fraction of sp³-hybridized carbons (Fsp3) is 0.522. The Morgan fingerprint density at radius 1 is 1.17 bits per heavy atom. The fourth-order valence-corrected chi connectivity index (χ4v) is 4.49. The molecule has 0 spiro atoms. The molecule has 1 aromatic carbocycles. The second kappa shape index (κ2) is 9.27. The number of fused-ring (bicyclic) bond motifs is 2. The zero-order valence-electron chi connectivity index (χ0n) is 18.8. The van der Waals surface area contributed by atoms with Gasteiger partial charge >= 0.3 is 0 Å². The van der Waals surface area contributed by atoms with Gasteiger partial charge < -0.3 is 10.2 Å². The van der Waals surface area contributed by atoms with E-state index in [0.29, 0.717) is 27.7 Å². The Hall–Kier alpha value is -2.25. The molecule has 7 heteroatoms. The zero-order valence-corrected chi connectivity index (χ0v) is 19.6. The van der Waals surface area contributed by atoms with Gasteiger partial charge in [0.2, 0.25) is 0 Å². The number of hydrogen-bond donors (Lipinski definition) is 1. The molecule has 2 aromatic heterocycles. The maximum atomic E-state index is 13.2. The van der Waals surface area contributed by atoms with Crippen molar-refractivity contribution in [1.82, 2.24) is 19.6 Å². The summed E-state index contributed by atoms with van der Waals surface area (Å²) in [5.41, 5.74) is 2.84. The Bertz CT molecular complexity index is 1110. The number of hydrogen-bond acceptors (Lipinski definition) is 5. The Morgan fingerprint density at radius 2 is 1.87 bits per heavy atom. The van der Waals surface area contributed by atoms with Gasteiger partial charge in [-0.05, 0) is 42.1 Å². The first-order valence-electron chi connectivity index (χ1n) is 10.8. The van der Waals surface area contributed by atoms with Crippen molar-refractivity contribution in [3.63, 3.8) is 0 Å². The third kappa shape index (κ3) is 4.42. The van der Waals surface area contributed by atoms with Crippen molar-refractivity contribution in [2.24, 2.45) is 0 Å². The molecule has 1 amide bonds. The predicted octanol–water partition coefficient (Wildman–Crippen LogP) is 4.23. The molecule has 6 nitrogen and oxygen atoms in total. The number of amides is 1. The van der Waals surface area contributed by atoms with Crippen molar-refractivity contribution in [3.8, 4) is 0 Å². The smallest absolute Gasteiger partial charge is 0.266 e. The molecule has 30 heavy (non-hydrogen) atoms. The number of nitrogens with one attached hydrogen (secondary N) is 1. The highest BCUT2D eigenvalue weighted by Crippen LogP contribution is 2.29. The third-order valence-electron chi connectivity index (χ3n) is 5.59. The van der Waals surface area contributed by atoms with Crippen molar-refractivity contribution in [3.05, 3.63) is 44.7 Å². The van der Waals surface area contributed by atoms with Crippen molar-refractivity contribution in [2.45, 2.75) is 53.4 Å². The molecule has 3 aromatic rings. The second-order valence-corrected chi connectivity index (χ2v) is 9.27. The molecule has 3 rings (SSSR count). The highest BCUT2D eigenvalue weighted by atomic mass is 32.1. The maximum Gasteiger partial charge on any atom is 0.266 e. The van der Waals surface area contributed by atoms with Gasteiger partial charge in [0, 0.05) is 19.3 Å². The topological polar surface area (TPSA) is 66.7 Å². The summed E-state index contributed by atoms with van der Waals surface area (Å²) in [4.78, 5) is 34.0. The first-order valence-corrected chi connectivity index (χ1v) is 11.6. The molecule has 0 bridgehead atoms. The van der Waals surface area contributed by atoms with Gasteiger partial charge in [-0.2, -0.15) is 0 Å². The van der Waals surface area contributed by atoms with Crippen molar-refractivity contribution < 1.29 is 4.79 Å². The van der Waals surface area contributed by atoms with Gasteiger partial charge in [0.05, 0.1) is 10.9 Å². The van der Waals surface area contributed by atoms with Crippen LogP contribution in [-0.2, 0) is 0 Å². The summed E-state index contributed by atoms with van der Waals surface area (Å²) < 4.78 is 1.51. The molecule has 162 valence electrons. The van der Waals surface area contributed by atoms with Crippen molar-refractivity contribution in [1.29, 1.82) is 0 Å². The van der Waals surface area contributed by atoms with E-state index in [2.05, 4.69) is 57.8 Å². The lowest BCUT2D eigenvalue weighted by atomic mass is 9.93. The lowest BCUT2D eigenvalue weighted by Gasteiger charge is -2.17. The molecule has 0 saturated carbocycles. The Kier molecular flexibility index (Phi) is 6.93. The van der Waals surface area contributed by atoms with Crippen LogP contribution in [0, 0.1) is 0 Å². The number of rotatable bonds is 8. The van der Waals surface area contributed by atoms with Gasteiger partial charge in [0.1, 0.15) is 4.88 Å². The average molecular weight is 429 g/mol. The van der Waals surface area contributed by atoms with Gasteiger partial charge in [0.25, 0.3) is 11.5 Å². The summed E-state index contributed by atoms with van der Waals surface area (Å²) >= 11 is 1.26. The summed E-state index contributed by atoms with van der Waals surface area (Å²) in [6.45, 7) is 16.0. The molecule has 0 radical (unpaired) electrons. The van der Waals surface area contributed by atoms with E-state index >= 15 is 0 Å². The van der Waals surface area contributed by atoms with Gasteiger partial charge in [-0.25, -0.2) is 4.98 Å². The summed E-state index contributed by atoms with van der Waals surface area (Å²) in [7, 11) is 0. The zero-order chi connectivity index (χ0) is 22.0. The third-order valence-corrected chi connectivity index (χ3v) is 6.57. The summed E-state index contributed by atoms with van der Waals surface area (Å²) in [5, 5.41) is 3.58. The molecular formula is C23H32N4O2S. The van der Waals surface area contributed by atoms with E-state index in [0.717, 1.165) is 36.3 Å². The van der Waals surface area contributed by atoms with E-state index in [-0.39, 0.29) is 17.4 Å². The number of benzene rings is 1. The first kappa shape index (κ1) is 22.4. The van der Waals surface area contributed by atoms with Crippen LogP contribution in [0.1, 0.15) is 74.2 Å². The van der Waals surface area contributed by atoms with E-state index in [9.17, 15) is 9.59 Å². The summed E-state index contributed by atoms with van der Waals surface area (Å²) in [6.07, 6.45) is 1.62. The highest BCUT2D eigenvalue weighted by molar-refractivity contribution is 7.18. The van der Waals surface area contributed by atoms with Crippen LogP contribution in [0.15, 0.2) is 23.1 Å². The van der Waals surface area contributed by atoms with Crippen LogP contribution >= 0.6 is 11.3 Å². The summed E-state index contributed by atoms with van der Waals surface area (Å²) in [6, 6.07) is 4.12. The minimum atomic E-state index is -0.159. The number of likely N-dealkylation sites (N-methyl/N-ethyl adjacent to an activating group) is 1. The molecule has 0 aliphatic carbocycles. The number of nitrogens with zero attached hydrogens (tertiary/aromatic N) is 3. The Morgan fingerprint density at radius 3 is 2.47 bits per heavy atom. The fourth-order valence-electron chi connectivity index (χ4n) is 3.59. The number of carbonyl (C=O) groups excluding carboxylic acids is 1. The van der Waals surface area contributed by atoms with Gasteiger partial charge in [0.15, 0.2) is 4.96 Å². The van der Waals surface area contributed by atoms with E-state index in [1.54, 1.807) is 6.20 Å². The second-order valence-electron chi connectivity index (χ2n) is 8.26. The van der Waals surface area contributed by atoms with Crippen LogP contribution in [0.3, 0.4) is 0 Å². The molecule has 0 saturated heterocycles. The summed E-state index contributed by atoms with van der Waals surface area (Å²) in [5.74, 6) is 0.415. The van der Waals surface area contributed by atoms with Crippen LogP contribution in [0.4, 0.5) is 0 Å². The Labute approximate surface area is 181 Å². The van der Waals surface area contributed by atoms with E-state index in [4.69, 9.17) is 4.98 Å². The lowest BCUT2D eigenvalue weighted by Crippen LogP contribution is -2.34. The van der Waals surface area contributed by atoms with Crippen molar-refractivity contribution in [2.75, 3.05) is 26.2 Å². The van der Waals surface area contributed by atoms with Gasteiger partial charge in [-0.3, -0.25) is 14.0 Å². The number of carbonyl (C=O) groups is 1. The molecule has 0 atom stereocenters. The average Bonchev–Trinajstić information content (AvgIpc) is 3.15. The predicted molar refractivity (Wildman–Crippen MR) is 125 cm³/mol. The van der Waals surface area contributed by atoms with E-state index in [1.807, 2.05) is 6.07 Å². The van der Waals surface area contributed by atoms with Crippen LogP contribution in [0.5, 0.6) is 0 Å². The van der Waals surface area contributed by atoms with E-state index in [1.165, 1.54) is 15.7 Å². The molecule has 0 unspecified atom stereocenters. The SMILES string of the molecule is CCN(CC)CCNC(=O)c1cn2c(=O)c3cc(C(C)C)cc(C(C)C)c3nc2s1. The molecule has 0 aliphatic heterocycles. The molecule has 1 N–H and O–H groups in total. The number of thiazole rings is 1. The van der Waals surface area contributed by atoms with Gasteiger partial charge in [-0.1, -0.05) is 58.9 Å². The monoisotopic (exact) mass is 428 g/mol. The molecule has 0 aliphatic rings. The molecular weight excluding hydrogens is 396 g/mol. The molecule has 2 heterocycles. The minimum Gasteiger partial charge on any atom is -0.350 e. The standard InChI is InChI=1S/C23H32N4O2S/c1-7-26(8-2)10-9-24-21(28)19-13-27-22(29)18-12-16(14(3)4)11-17(15(5)6)20(18)25-23(27)30-19/h11-15H,7-10H2,1-6H3,(H,24,28). The van der Waals surface area contributed by atoms with Crippen LogP contribution in [0.2, 0.25) is 0 Å². The highest BCUT2D eigenvalue weighted by Gasteiger charge is 2.18. The number of aromatic nitrogens is 2. The largest absolute Gasteiger partial charge is 0.350 e. The van der Waals surface area contributed by atoms with Crippen molar-refractivity contribution >= 4 is 33.1 Å². The van der Waals surface area contributed by atoms with Crippen LogP contribution < -0.4 is 10.9 Å². The molecule has 0 fully saturated rings. The van der Waals surface area contributed by atoms with Crippen LogP contribution in [-0.4, -0.2) is 46.4 Å². The van der Waals surface area contributed by atoms with Gasteiger partial charge in [-0.15, -0.1) is 0 Å². The quantitative estimate of drug-likeness (QED) is 0.583. The minimum absolute atomic E-state index is 0.113. The Balaban J connectivity index is 2.01. The van der Waals surface area contributed by atoms with E-state index < -0.39 is 0 Å². The lowest BCUT2D eigenvalue weighted by molar-refractivity contribution is 0.0952. The first-order chi connectivity index (χ1) is 14.3.